The minimum absolute atomic E-state index is 0.0846. The van der Waals surface area contributed by atoms with E-state index in [-0.39, 0.29) is 24.1 Å². The van der Waals surface area contributed by atoms with E-state index in [0.29, 0.717) is 29.3 Å². The number of nitrogens with one attached hydrogen (secondary N) is 1. The Morgan fingerprint density at radius 3 is 3.03 bits per heavy atom. The third-order valence-electron chi connectivity index (χ3n) is 5.90. The van der Waals surface area contributed by atoms with E-state index in [1.165, 1.54) is 17.4 Å². The van der Waals surface area contributed by atoms with E-state index in [0.717, 1.165) is 41.1 Å². The first kappa shape index (κ1) is 22.3. The number of nitriles is 1. The molecule has 1 amide bonds. The fraction of sp³-hybridized carbons (Fsp3) is 0.360. The Balaban J connectivity index is 1.45. The highest BCUT2D eigenvalue weighted by Crippen LogP contribution is 2.37. The highest BCUT2D eigenvalue weighted by atomic mass is 32.1. The quantitative estimate of drug-likeness (QED) is 0.678. The Labute approximate surface area is 191 Å². The van der Waals surface area contributed by atoms with Gasteiger partial charge in [0.15, 0.2) is 0 Å². The fourth-order valence-electron chi connectivity index (χ4n) is 4.31. The first-order valence-electron chi connectivity index (χ1n) is 10.7. The van der Waals surface area contributed by atoms with Crippen LogP contribution in [0.4, 0.5) is 9.39 Å². The van der Waals surface area contributed by atoms with E-state index >= 15 is 0 Å². The summed E-state index contributed by atoms with van der Waals surface area (Å²) >= 11 is 1.49. The third kappa shape index (κ3) is 4.93. The Morgan fingerprint density at radius 1 is 1.44 bits per heavy atom. The van der Waals surface area contributed by atoms with Crippen molar-refractivity contribution in [2.24, 2.45) is 5.92 Å². The van der Waals surface area contributed by atoms with E-state index in [4.69, 9.17) is 4.74 Å². The van der Waals surface area contributed by atoms with Crippen molar-refractivity contribution >= 4 is 22.2 Å². The SMILES string of the molecule is COc1cc(C)ccc1CC(=O)Nc1sc2c(c1C#N)CN(CC1C=CC=C(F)C1)CC2. The molecule has 166 valence electrons. The number of ether oxygens (including phenoxy) is 1. The summed E-state index contributed by atoms with van der Waals surface area (Å²) in [6.45, 7) is 4.24. The summed E-state index contributed by atoms with van der Waals surface area (Å²) in [7, 11) is 1.59. The number of nitrogens with zero attached hydrogens (tertiary/aromatic N) is 2. The number of anilines is 1. The normalized spacial score (nSPS) is 17.9. The first-order valence-corrected chi connectivity index (χ1v) is 11.5. The van der Waals surface area contributed by atoms with E-state index in [2.05, 4.69) is 16.3 Å². The maximum atomic E-state index is 13.6. The van der Waals surface area contributed by atoms with Gasteiger partial charge in [-0.15, -0.1) is 11.3 Å². The van der Waals surface area contributed by atoms with Crippen LogP contribution in [-0.2, 0) is 24.2 Å². The summed E-state index contributed by atoms with van der Waals surface area (Å²) in [6.07, 6.45) is 6.77. The number of amides is 1. The second-order valence-corrected chi connectivity index (χ2v) is 9.41. The van der Waals surface area contributed by atoms with Crippen LogP contribution in [0.2, 0.25) is 0 Å². The molecule has 4 rings (SSSR count). The van der Waals surface area contributed by atoms with Gasteiger partial charge in [-0.1, -0.05) is 24.3 Å². The van der Waals surface area contributed by atoms with Crippen molar-refractivity contribution in [3.05, 3.63) is 69.4 Å². The van der Waals surface area contributed by atoms with Crippen LogP contribution in [0.1, 0.15) is 33.6 Å². The largest absolute Gasteiger partial charge is 0.496 e. The van der Waals surface area contributed by atoms with Gasteiger partial charge in [-0.05, 0) is 37.0 Å². The molecule has 7 heteroatoms. The van der Waals surface area contributed by atoms with Crippen LogP contribution in [0.3, 0.4) is 0 Å². The number of halogens is 1. The lowest BCUT2D eigenvalue weighted by Gasteiger charge is -2.30. The number of methoxy groups -OCH3 is 1. The molecule has 32 heavy (non-hydrogen) atoms. The lowest BCUT2D eigenvalue weighted by atomic mass is 9.97. The highest BCUT2D eigenvalue weighted by Gasteiger charge is 2.27. The maximum absolute atomic E-state index is 13.6. The van der Waals surface area contributed by atoms with Crippen LogP contribution in [-0.4, -0.2) is 31.0 Å². The summed E-state index contributed by atoms with van der Waals surface area (Å²) < 4.78 is 19.0. The van der Waals surface area contributed by atoms with Gasteiger partial charge < -0.3 is 10.1 Å². The number of allylic oxidation sites excluding steroid dienone is 3. The molecule has 0 spiro atoms. The molecule has 1 atom stereocenters. The van der Waals surface area contributed by atoms with Crippen molar-refractivity contribution in [1.29, 1.82) is 5.26 Å². The summed E-state index contributed by atoms with van der Waals surface area (Å²) in [4.78, 5) is 16.2. The van der Waals surface area contributed by atoms with Crippen LogP contribution in [0.15, 0.2) is 42.3 Å². The number of hydrogen-bond acceptors (Lipinski definition) is 5. The smallest absolute Gasteiger partial charge is 0.229 e. The van der Waals surface area contributed by atoms with Gasteiger partial charge in [-0.3, -0.25) is 9.69 Å². The Kier molecular flexibility index (Phi) is 6.73. The zero-order valence-electron chi connectivity index (χ0n) is 18.3. The van der Waals surface area contributed by atoms with E-state index in [9.17, 15) is 14.4 Å². The van der Waals surface area contributed by atoms with Gasteiger partial charge in [0.2, 0.25) is 5.91 Å². The van der Waals surface area contributed by atoms with Gasteiger partial charge in [-0.25, -0.2) is 4.39 Å². The fourth-order valence-corrected chi connectivity index (χ4v) is 5.47. The van der Waals surface area contributed by atoms with E-state index in [1.807, 2.05) is 31.2 Å². The molecule has 1 aromatic heterocycles. The highest BCUT2D eigenvalue weighted by molar-refractivity contribution is 7.16. The van der Waals surface area contributed by atoms with Crippen molar-refractivity contribution in [3.63, 3.8) is 0 Å². The van der Waals surface area contributed by atoms with Gasteiger partial charge in [0, 0.05) is 42.1 Å². The molecule has 0 bridgehead atoms. The van der Waals surface area contributed by atoms with Gasteiger partial charge >= 0.3 is 0 Å². The van der Waals surface area contributed by atoms with Gasteiger partial charge in [0.1, 0.15) is 22.6 Å². The van der Waals surface area contributed by atoms with Gasteiger partial charge in [0.05, 0.1) is 19.1 Å². The average Bonchev–Trinajstić information content (AvgIpc) is 3.11. The molecule has 2 heterocycles. The van der Waals surface area contributed by atoms with Crippen LogP contribution >= 0.6 is 11.3 Å². The topological polar surface area (TPSA) is 65.4 Å². The van der Waals surface area contributed by atoms with Crippen molar-refractivity contribution < 1.29 is 13.9 Å². The lowest BCUT2D eigenvalue weighted by molar-refractivity contribution is -0.115. The molecule has 1 aromatic carbocycles. The number of carbonyl (C=O) groups is 1. The van der Waals surface area contributed by atoms with Crippen LogP contribution < -0.4 is 10.1 Å². The number of hydrogen-bond donors (Lipinski definition) is 1. The molecule has 1 N–H and O–H groups in total. The van der Waals surface area contributed by atoms with Crippen molar-refractivity contribution in [2.45, 2.75) is 32.7 Å². The van der Waals surface area contributed by atoms with E-state index in [1.54, 1.807) is 13.2 Å². The monoisotopic (exact) mass is 451 g/mol. The van der Waals surface area contributed by atoms with Gasteiger partial charge in [-0.2, -0.15) is 5.26 Å². The maximum Gasteiger partial charge on any atom is 0.229 e. The minimum atomic E-state index is -0.172. The van der Waals surface area contributed by atoms with Crippen LogP contribution in [0, 0.1) is 24.2 Å². The Hall–Kier alpha value is -2.95. The Bertz CT molecular complexity index is 1130. The summed E-state index contributed by atoms with van der Waals surface area (Å²) in [6, 6.07) is 8.05. The lowest BCUT2D eigenvalue weighted by Crippen LogP contribution is -2.34. The number of carbonyl (C=O) groups excluding carboxylic acids is 1. The van der Waals surface area contributed by atoms with Crippen molar-refractivity contribution in [3.8, 4) is 11.8 Å². The zero-order valence-corrected chi connectivity index (χ0v) is 19.1. The minimum Gasteiger partial charge on any atom is -0.496 e. The standard InChI is InChI=1S/C25H26FN3O2S/c1-16-6-7-18(22(10-16)31-2)12-24(30)28-25-20(13-27)21-15-29(9-8-23(21)32-25)14-17-4-3-5-19(26)11-17/h3-7,10,17H,8-9,11-12,14-15H2,1-2H3,(H,28,30). The predicted molar refractivity (Wildman–Crippen MR) is 125 cm³/mol. The van der Waals surface area contributed by atoms with E-state index < -0.39 is 0 Å². The third-order valence-corrected chi connectivity index (χ3v) is 7.10. The summed E-state index contributed by atoms with van der Waals surface area (Å²) in [5.74, 6) is 0.576. The molecule has 0 fully saturated rings. The molecule has 1 aliphatic heterocycles. The van der Waals surface area contributed by atoms with Gasteiger partial charge in [0.25, 0.3) is 0 Å². The summed E-state index contributed by atoms with van der Waals surface area (Å²) in [5.41, 5.74) is 3.41. The van der Waals surface area contributed by atoms with Crippen LogP contribution in [0.25, 0.3) is 0 Å². The molecule has 0 saturated carbocycles. The number of thiophene rings is 1. The first-order chi connectivity index (χ1) is 15.5. The summed E-state index contributed by atoms with van der Waals surface area (Å²) in [5, 5.41) is 13.4. The molecule has 1 unspecified atom stereocenters. The number of rotatable bonds is 6. The molecular weight excluding hydrogens is 425 g/mol. The number of benzene rings is 1. The van der Waals surface area contributed by atoms with Crippen LogP contribution in [0.5, 0.6) is 5.75 Å². The second kappa shape index (κ2) is 9.68. The molecule has 1 aliphatic carbocycles. The number of fused-ring (bicyclic) bond motifs is 1. The zero-order chi connectivity index (χ0) is 22.7. The molecule has 2 aliphatic rings. The molecule has 0 saturated heterocycles. The second-order valence-electron chi connectivity index (χ2n) is 8.31. The number of aryl methyl sites for hydroxylation is 1. The Morgan fingerprint density at radius 2 is 2.28 bits per heavy atom. The van der Waals surface area contributed by atoms with Crippen molar-refractivity contribution in [2.75, 3.05) is 25.5 Å². The van der Waals surface area contributed by atoms with Crippen molar-refractivity contribution in [1.82, 2.24) is 4.90 Å². The molecule has 0 radical (unpaired) electrons. The molecular formula is C25H26FN3O2S. The molecule has 5 nitrogen and oxygen atoms in total. The predicted octanol–water partition coefficient (Wildman–Crippen LogP) is 4.91. The molecule has 2 aromatic rings. The average molecular weight is 452 g/mol.